The van der Waals surface area contributed by atoms with Gasteiger partial charge in [-0.05, 0) is 56.8 Å². The van der Waals surface area contributed by atoms with Crippen molar-refractivity contribution in [2.75, 3.05) is 17.4 Å². The molecule has 34 heavy (non-hydrogen) atoms. The maximum Gasteiger partial charge on any atom is 0.274 e. The van der Waals surface area contributed by atoms with Crippen molar-refractivity contribution < 1.29 is 13.5 Å². The zero-order valence-corrected chi connectivity index (χ0v) is 21.6. The number of piperidine rings is 1. The monoisotopic (exact) mass is 516 g/mol. The summed E-state index contributed by atoms with van der Waals surface area (Å²) in [5.74, 6) is 0. The van der Waals surface area contributed by atoms with E-state index in [1.54, 1.807) is 28.8 Å². The average molecular weight is 517 g/mol. The summed E-state index contributed by atoms with van der Waals surface area (Å²) in [5.41, 5.74) is 2.28. The molecule has 1 aliphatic heterocycles. The Balaban J connectivity index is 1.48. The number of anilines is 1. The van der Waals surface area contributed by atoms with Crippen molar-refractivity contribution >= 4 is 49.3 Å². The van der Waals surface area contributed by atoms with Crippen LogP contribution in [0, 0.1) is 0 Å². The normalized spacial score (nSPS) is 17.6. The van der Waals surface area contributed by atoms with Gasteiger partial charge in [-0.25, -0.2) is 13.4 Å². The number of para-hydroxylation sites is 1. The van der Waals surface area contributed by atoms with Gasteiger partial charge < -0.3 is 10.1 Å². The Morgan fingerprint density at radius 3 is 2.88 bits per heavy atom. The van der Waals surface area contributed by atoms with Gasteiger partial charge in [-0.3, -0.25) is 9.21 Å². The van der Waals surface area contributed by atoms with Gasteiger partial charge in [0, 0.05) is 35.6 Å². The molecule has 1 unspecified atom stereocenters. The van der Waals surface area contributed by atoms with Gasteiger partial charge in [0.05, 0.1) is 23.0 Å². The highest BCUT2D eigenvalue weighted by Gasteiger charge is 2.30. The van der Waals surface area contributed by atoms with Crippen molar-refractivity contribution in [3.8, 4) is 10.7 Å². The van der Waals surface area contributed by atoms with E-state index in [1.807, 2.05) is 44.3 Å². The number of likely N-dealkylation sites (tertiary alicyclic amines) is 1. The number of aliphatic hydroxyl groups excluding tert-OH is 1. The molecule has 1 saturated heterocycles. The van der Waals surface area contributed by atoms with Crippen LogP contribution in [-0.4, -0.2) is 53.6 Å². The van der Waals surface area contributed by atoms with E-state index in [-0.39, 0.29) is 12.1 Å². The lowest BCUT2D eigenvalue weighted by molar-refractivity contribution is 0.0673. The number of thiazole rings is 1. The molecule has 1 fully saturated rings. The van der Waals surface area contributed by atoms with Crippen molar-refractivity contribution in [3.63, 3.8) is 0 Å². The number of H-pyrrole nitrogens is 1. The highest BCUT2D eigenvalue weighted by Crippen LogP contribution is 2.36. The second-order valence-electron chi connectivity index (χ2n) is 8.91. The Bertz CT molecular complexity index is 1380. The third-order valence-electron chi connectivity index (χ3n) is 5.99. The van der Waals surface area contributed by atoms with Crippen molar-refractivity contribution in [1.29, 1.82) is 0 Å². The molecule has 10 heteroatoms. The molecule has 1 atom stereocenters. The predicted molar refractivity (Wildman–Crippen MR) is 139 cm³/mol. The molecular weight excluding hydrogens is 488 g/mol. The smallest absolute Gasteiger partial charge is 0.274 e. The van der Waals surface area contributed by atoms with Gasteiger partial charge in [0.1, 0.15) is 9.22 Å². The van der Waals surface area contributed by atoms with Crippen LogP contribution < -0.4 is 4.31 Å². The van der Waals surface area contributed by atoms with Crippen LogP contribution in [0.4, 0.5) is 5.69 Å². The van der Waals surface area contributed by atoms with Crippen LogP contribution in [0.5, 0.6) is 0 Å². The molecule has 3 aromatic heterocycles. The van der Waals surface area contributed by atoms with E-state index in [1.165, 1.54) is 15.6 Å². The first kappa shape index (κ1) is 23.5. The fourth-order valence-electron chi connectivity index (χ4n) is 4.53. The summed E-state index contributed by atoms with van der Waals surface area (Å²) in [5, 5.41) is 13.5. The Morgan fingerprint density at radius 2 is 2.15 bits per heavy atom. The molecule has 4 heterocycles. The van der Waals surface area contributed by atoms with Crippen LogP contribution >= 0.6 is 22.7 Å². The third-order valence-corrected chi connectivity index (χ3v) is 10.4. The van der Waals surface area contributed by atoms with Gasteiger partial charge in [0.25, 0.3) is 10.0 Å². The molecule has 7 nitrogen and oxygen atoms in total. The lowest BCUT2D eigenvalue weighted by atomic mass is 10.1. The number of aromatic nitrogens is 2. The summed E-state index contributed by atoms with van der Waals surface area (Å²) in [6.45, 7) is 6.24. The van der Waals surface area contributed by atoms with Gasteiger partial charge in [-0.2, -0.15) is 0 Å². The minimum Gasteiger partial charge on any atom is -0.392 e. The fourth-order valence-corrected chi connectivity index (χ4v) is 8.21. The molecule has 0 spiro atoms. The van der Waals surface area contributed by atoms with Crippen LogP contribution in [0.2, 0.25) is 0 Å². The van der Waals surface area contributed by atoms with Crippen LogP contribution in [-0.2, 0) is 16.6 Å². The van der Waals surface area contributed by atoms with Gasteiger partial charge >= 0.3 is 0 Å². The molecule has 0 aliphatic carbocycles. The number of aromatic amines is 1. The van der Waals surface area contributed by atoms with Gasteiger partial charge in [0.2, 0.25) is 0 Å². The first-order valence-electron chi connectivity index (χ1n) is 11.4. The number of fused-ring (bicyclic) bond motifs is 1. The van der Waals surface area contributed by atoms with Crippen LogP contribution in [0.15, 0.2) is 52.2 Å². The number of nitrogens with one attached hydrogen (secondary N) is 1. The number of β-amino-alcohol motifs (C(OH)–C–C–N with tert-alkyl or cyclic N) is 1. The Morgan fingerprint density at radius 1 is 1.29 bits per heavy atom. The molecular formula is C24H28N4O3S3. The zero-order valence-electron chi connectivity index (χ0n) is 19.1. The molecule has 0 amide bonds. The fraction of sp³-hybridized carbons (Fsp3) is 0.375. The van der Waals surface area contributed by atoms with E-state index in [2.05, 4.69) is 14.9 Å². The minimum atomic E-state index is -3.68. The Kier molecular flexibility index (Phi) is 6.51. The first-order valence-corrected chi connectivity index (χ1v) is 14.5. The molecule has 180 valence electrons. The number of nitrogens with zero attached hydrogens (tertiary/aromatic N) is 3. The minimum absolute atomic E-state index is 0.248. The number of sulfonamides is 1. The highest BCUT2D eigenvalue weighted by atomic mass is 32.2. The Labute approximate surface area is 207 Å². The molecule has 1 aliphatic rings. The molecule has 0 bridgehead atoms. The van der Waals surface area contributed by atoms with E-state index in [4.69, 9.17) is 0 Å². The van der Waals surface area contributed by atoms with Crippen LogP contribution in [0.3, 0.4) is 0 Å². The molecule has 5 rings (SSSR count). The summed E-state index contributed by atoms with van der Waals surface area (Å²) in [6, 6.07) is 10.9. The molecule has 2 N–H and O–H groups in total. The summed E-state index contributed by atoms with van der Waals surface area (Å²) < 4.78 is 28.7. The van der Waals surface area contributed by atoms with Crippen molar-refractivity contribution in [2.45, 2.75) is 49.6 Å². The van der Waals surface area contributed by atoms with E-state index in [9.17, 15) is 13.5 Å². The number of hydrogen-bond donors (Lipinski definition) is 2. The second kappa shape index (κ2) is 9.43. The van der Waals surface area contributed by atoms with Gasteiger partial charge in [0.15, 0.2) is 0 Å². The first-order chi connectivity index (χ1) is 16.3. The van der Waals surface area contributed by atoms with E-state index in [0.29, 0.717) is 16.4 Å². The predicted octanol–water partition coefficient (Wildman–Crippen LogP) is 4.91. The number of hydrogen-bond acceptors (Lipinski definition) is 7. The average Bonchev–Trinajstić information content (AvgIpc) is 3.54. The van der Waals surface area contributed by atoms with E-state index < -0.39 is 10.0 Å². The SMILES string of the molecule is CC(C)N(c1cccc2cc(-c3ncc(CN4CCCC(O)C4)s3)[nH]c12)S(=O)(=O)c1cccs1. The quantitative estimate of drug-likeness (QED) is 0.364. The third kappa shape index (κ3) is 4.52. The summed E-state index contributed by atoms with van der Waals surface area (Å²) >= 11 is 2.85. The van der Waals surface area contributed by atoms with Crippen molar-refractivity contribution in [3.05, 3.63) is 52.9 Å². The summed E-state index contributed by atoms with van der Waals surface area (Å²) in [4.78, 5) is 11.5. The van der Waals surface area contributed by atoms with E-state index >= 15 is 0 Å². The number of benzene rings is 1. The molecule has 0 radical (unpaired) electrons. The second-order valence-corrected chi connectivity index (χ2v) is 13.0. The van der Waals surface area contributed by atoms with Crippen molar-refractivity contribution in [2.24, 2.45) is 0 Å². The molecule has 0 saturated carbocycles. The van der Waals surface area contributed by atoms with Gasteiger partial charge in [-0.15, -0.1) is 22.7 Å². The molecule has 1 aromatic carbocycles. The number of rotatable bonds is 7. The molecule has 4 aromatic rings. The Hall–Kier alpha value is -2.24. The number of thiophene rings is 1. The van der Waals surface area contributed by atoms with Crippen LogP contribution in [0.25, 0.3) is 21.6 Å². The van der Waals surface area contributed by atoms with Crippen molar-refractivity contribution in [1.82, 2.24) is 14.9 Å². The lowest BCUT2D eigenvalue weighted by Gasteiger charge is -2.29. The largest absolute Gasteiger partial charge is 0.392 e. The zero-order chi connectivity index (χ0) is 23.9. The van der Waals surface area contributed by atoms with E-state index in [0.717, 1.165) is 52.4 Å². The summed E-state index contributed by atoms with van der Waals surface area (Å²) in [6.07, 6.45) is 3.54. The highest BCUT2D eigenvalue weighted by molar-refractivity contribution is 7.94. The standard InChI is InChI=1S/C24H28N4O3S3/c1-16(2)28(34(30,31)22-9-5-11-32-22)21-8-3-6-17-12-20(26-23(17)21)24-25-13-19(33-24)15-27-10-4-7-18(29)14-27/h3,5-6,8-9,11-13,16,18,26,29H,4,7,10,14-15H2,1-2H3. The van der Waals surface area contributed by atoms with Crippen LogP contribution in [0.1, 0.15) is 31.6 Å². The summed E-state index contributed by atoms with van der Waals surface area (Å²) in [7, 11) is -3.68. The van der Waals surface area contributed by atoms with Gasteiger partial charge in [-0.1, -0.05) is 18.2 Å². The number of aliphatic hydroxyl groups is 1. The lowest BCUT2D eigenvalue weighted by Crippen LogP contribution is -2.37. The maximum atomic E-state index is 13.5. The maximum absolute atomic E-state index is 13.5. The topological polar surface area (TPSA) is 89.5 Å².